The normalized spacial score (nSPS) is 17.0. The molecule has 1 aliphatic heterocycles. The fourth-order valence-electron chi connectivity index (χ4n) is 5.54. The quantitative estimate of drug-likeness (QED) is 0.293. The summed E-state index contributed by atoms with van der Waals surface area (Å²) in [6.45, 7) is 9.61. The monoisotopic (exact) mass is 582 g/mol. The maximum Gasteiger partial charge on any atom is 0.274 e. The molecule has 0 radical (unpaired) electrons. The Morgan fingerprint density at radius 1 is 1.16 bits per heavy atom. The Morgan fingerprint density at radius 2 is 1.95 bits per heavy atom. The number of aromatic nitrogens is 2. The summed E-state index contributed by atoms with van der Waals surface area (Å²) in [4.78, 5) is 37.6. The Morgan fingerprint density at radius 3 is 2.67 bits per heavy atom. The molecule has 0 saturated carbocycles. The summed E-state index contributed by atoms with van der Waals surface area (Å²) in [7, 11) is 3.95. The molecule has 1 atom stereocenters. The first kappa shape index (κ1) is 31.9. The van der Waals surface area contributed by atoms with Crippen LogP contribution in [0.25, 0.3) is 22.9 Å². The minimum Gasteiger partial charge on any atom is -0.355 e. The molecule has 3 aromatic rings. The van der Waals surface area contributed by atoms with Crippen molar-refractivity contribution in [2.45, 2.75) is 59.0 Å². The standard InChI is InChI=1S/C35H46N6O2/c1-6-10-25(3)30-22-32(39-31(30)7-2)27-13-15-28(16-14-27)38-35(43)33-21-26(17-18-36-33)23-41-20-8-11-29(24-41)37-34(42)12-9-19-40(4)5/h7,9,12-18,21-22,29,39H,6,8,10-11,19-20,23-24H2,1-5H3,(H,37,42)(H,38,43)/b12-9+,30-25-,31-7+. The lowest BCUT2D eigenvalue weighted by Gasteiger charge is -2.33. The Bertz CT molecular complexity index is 1540. The highest BCUT2D eigenvalue weighted by Gasteiger charge is 2.21. The van der Waals surface area contributed by atoms with Gasteiger partial charge in [-0.05, 0) is 100 Å². The van der Waals surface area contributed by atoms with Gasteiger partial charge in [0.2, 0.25) is 5.91 Å². The fourth-order valence-corrected chi connectivity index (χ4v) is 5.54. The van der Waals surface area contributed by atoms with Crippen LogP contribution in [0.5, 0.6) is 0 Å². The van der Waals surface area contributed by atoms with Gasteiger partial charge in [0, 0.05) is 54.7 Å². The van der Waals surface area contributed by atoms with Gasteiger partial charge in [-0.2, -0.15) is 0 Å². The number of benzene rings is 1. The molecule has 8 nitrogen and oxygen atoms in total. The molecule has 1 aliphatic rings. The van der Waals surface area contributed by atoms with Crippen LogP contribution in [0.3, 0.4) is 0 Å². The zero-order valence-corrected chi connectivity index (χ0v) is 26.2. The predicted octanol–water partition coefficient (Wildman–Crippen LogP) is 4.30. The van der Waals surface area contributed by atoms with E-state index in [1.807, 2.05) is 61.5 Å². The average Bonchev–Trinajstić information content (AvgIpc) is 3.43. The molecule has 8 heteroatoms. The molecule has 43 heavy (non-hydrogen) atoms. The SMILES string of the molecule is C/C=c1/[nH]c(-c2ccc(NC(=O)c3cc(CN4CCCC(NC(=O)/C=C/CN(C)C)C4)ccn3)cc2)c/c1=C(\C)CCC. The van der Waals surface area contributed by atoms with Crippen LogP contribution >= 0.6 is 0 Å². The predicted molar refractivity (Wildman–Crippen MR) is 176 cm³/mol. The smallest absolute Gasteiger partial charge is 0.274 e. The van der Waals surface area contributed by atoms with Crippen molar-refractivity contribution in [1.82, 2.24) is 25.1 Å². The van der Waals surface area contributed by atoms with Gasteiger partial charge in [0.1, 0.15) is 5.69 Å². The van der Waals surface area contributed by atoms with Gasteiger partial charge in [-0.3, -0.25) is 19.5 Å². The van der Waals surface area contributed by atoms with E-state index < -0.39 is 0 Å². The maximum atomic E-state index is 13.1. The van der Waals surface area contributed by atoms with Crippen LogP contribution in [0.4, 0.5) is 5.69 Å². The van der Waals surface area contributed by atoms with Gasteiger partial charge >= 0.3 is 0 Å². The lowest BCUT2D eigenvalue weighted by atomic mass is 10.0. The molecule has 0 bridgehead atoms. The van der Waals surface area contributed by atoms with E-state index in [1.54, 1.807) is 12.3 Å². The number of anilines is 1. The number of nitrogens with one attached hydrogen (secondary N) is 3. The Balaban J connectivity index is 1.35. The zero-order valence-electron chi connectivity index (χ0n) is 26.2. The molecule has 0 aliphatic carbocycles. The third kappa shape index (κ3) is 9.24. The highest BCUT2D eigenvalue weighted by molar-refractivity contribution is 6.03. The number of likely N-dealkylation sites (tertiary alicyclic amines) is 1. The van der Waals surface area contributed by atoms with Gasteiger partial charge in [-0.15, -0.1) is 0 Å². The number of pyridine rings is 1. The van der Waals surface area contributed by atoms with Crippen LogP contribution < -0.4 is 21.2 Å². The van der Waals surface area contributed by atoms with Crippen molar-refractivity contribution >= 4 is 29.2 Å². The van der Waals surface area contributed by atoms with Crippen molar-refractivity contribution in [3.63, 3.8) is 0 Å². The van der Waals surface area contributed by atoms with Gasteiger partial charge in [0.05, 0.1) is 0 Å². The molecular formula is C35H46N6O2. The molecule has 1 aromatic carbocycles. The van der Waals surface area contributed by atoms with E-state index in [0.29, 0.717) is 12.2 Å². The summed E-state index contributed by atoms with van der Waals surface area (Å²) in [5, 5.41) is 8.52. The molecule has 2 amide bonds. The number of piperidine rings is 1. The van der Waals surface area contributed by atoms with Crippen molar-refractivity contribution < 1.29 is 9.59 Å². The number of amides is 2. The van der Waals surface area contributed by atoms with Gasteiger partial charge in [-0.1, -0.05) is 43.2 Å². The van der Waals surface area contributed by atoms with E-state index in [4.69, 9.17) is 0 Å². The van der Waals surface area contributed by atoms with E-state index in [1.165, 1.54) is 10.8 Å². The molecule has 1 saturated heterocycles. The van der Waals surface area contributed by atoms with E-state index in [0.717, 1.165) is 73.2 Å². The van der Waals surface area contributed by atoms with Crippen LogP contribution in [0.15, 0.2) is 60.8 Å². The van der Waals surface area contributed by atoms with E-state index in [-0.39, 0.29) is 17.9 Å². The summed E-state index contributed by atoms with van der Waals surface area (Å²) in [5.74, 6) is -0.287. The van der Waals surface area contributed by atoms with Gasteiger partial charge in [0.15, 0.2) is 0 Å². The third-order valence-corrected chi connectivity index (χ3v) is 7.73. The minimum absolute atomic E-state index is 0.0490. The molecule has 3 heterocycles. The molecule has 228 valence electrons. The second kappa shape index (κ2) is 15.5. The molecular weight excluding hydrogens is 536 g/mol. The van der Waals surface area contributed by atoms with Crippen molar-refractivity contribution in [2.24, 2.45) is 0 Å². The lowest BCUT2D eigenvalue weighted by molar-refractivity contribution is -0.117. The Hall–Kier alpha value is -4.01. The average molecular weight is 583 g/mol. The van der Waals surface area contributed by atoms with Gasteiger partial charge < -0.3 is 20.5 Å². The van der Waals surface area contributed by atoms with E-state index in [9.17, 15) is 9.59 Å². The van der Waals surface area contributed by atoms with E-state index >= 15 is 0 Å². The van der Waals surface area contributed by atoms with Crippen LogP contribution in [0.1, 0.15) is 62.5 Å². The number of nitrogens with zero attached hydrogens (tertiary/aromatic N) is 3. The minimum atomic E-state index is -0.238. The van der Waals surface area contributed by atoms with Crippen LogP contribution in [0, 0.1) is 0 Å². The van der Waals surface area contributed by atoms with Crippen LogP contribution in [-0.2, 0) is 11.3 Å². The number of hydrogen-bond donors (Lipinski definition) is 3. The summed E-state index contributed by atoms with van der Waals surface area (Å²) < 4.78 is 0. The largest absolute Gasteiger partial charge is 0.355 e. The summed E-state index contributed by atoms with van der Waals surface area (Å²) in [5.41, 5.74) is 5.64. The first-order valence-corrected chi connectivity index (χ1v) is 15.3. The van der Waals surface area contributed by atoms with Crippen molar-refractivity contribution in [2.75, 3.05) is 39.0 Å². The number of likely N-dealkylation sites (N-methyl/N-ethyl adjacent to an activating group) is 1. The zero-order chi connectivity index (χ0) is 30.8. The summed E-state index contributed by atoms with van der Waals surface area (Å²) in [6, 6.07) is 14.0. The summed E-state index contributed by atoms with van der Waals surface area (Å²) >= 11 is 0. The molecule has 2 aromatic heterocycles. The van der Waals surface area contributed by atoms with Gasteiger partial charge in [0.25, 0.3) is 5.91 Å². The molecule has 1 unspecified atom stereocenters. The number of carbonyl (C=O) groups is 2. The number of aromatic amines is 1. The third-order valence-electron chi connectivity index (χ3n) is 7.73. The number of rotatable bonds is 11. The molecule has 3 N–H and O–H groups in total. The first-order valence-electron chi connectivity index (χ1n) is 15.3. The first-order chi connectivity index (χ1) is 20.7. The molecule has 4 rings (SSSR count). The van der Waals surface area contributed by atoms with Crippen LogP contribution in [-0.4, -0.2) is 71.4 Å². The van der Waals surface area contributed by atoms with Crippen molar-refractivity contribution in [3.8, 4) is 11.3 Å². The topological polar surface area (TPSA) is 93.4 Å². The number of hydrogen-bond acceptors (Lipinski definition) is 5. The Labute approximate surface area is 255 Å². The summed E-state index contributed by atoms with van der Waals surface area (Å²) in [6.07, 6.45) is 11.5. The second-order valence-corrected chi connectivity index (χ2v) is 11.7. The fraction of sp³-hybridized carbons (Fsp3) is 0.400. The van der Waals surface area contributed by atoms with E-state index in [2.05, 4.69) is 58.4 Å². The van der Waals surface area contributed by atoms with Crippen molar-refractivity contribution in [3.05, 3.63) is 82.6 Å². The number of H-pyrrole nitrogens is 1. The van der Waals surface area contributed by atoms with Crippen LogP contribution in [0.2, 0.25) is 0 Å². The lowest BCUT2D eigenvalue weighted by Crippen LogP contribution is -2.47. The Kier molecular flexibility index (Phi) is 11.5. The molecule has 1 fully saturated rings. The van der Waals surface area contributed by atoms with Gasteiger partial charge in [-0.25, -0.2) is 0 Å². The number of carbonyl (C=O) groups excluding carboxylic acids is 2. The maximum absolute atomic E-state index is 13.1. The second-order valence-electron chi connectivity index (χ2n) is 11.7. The highest BCUT2D eigenvalue weighted by Crippen LogP contribution is 2.19. The van der Waals surface area contributed by atoms with Crippen molar-refractivity contribution in [1.29, 1.82) is 0 Å². The molecule has 0 spiro atoms. The highest BCUT2D eigenvalue weighted by atomic mass is 16.2.